The summed E-state index contributed by atoms with van der Waals surface area (Å²) >= 11 is 5.79. The Bertz CT molecular complexity index is 546. The average molecular weight is 251 g/mol. The minimum Gasteiger partial charge on any atom is -0.476 e. The molecule has 0 radical (unpaired) electrons. The molecule has 0 unspecified atom stereocenters. The van der Waals surface area contributed by atoms with E-state index in [2.05, 4.69) is 5.10 Å². The van der Waals surface area contributed by atoms with Crippen molar-refractivity contribution >= 4 is 17.6 Å². The lowest BCUT2D eigenvalue weighted by Gasteiger charge is -2.00. The van der Waals surface area contributed by atoms with Crippen molar-refractivity contribution in [3.8, 4) is 5.69 Å². The van der Waals surface area contributed by atoms with Gasteiger partial charge in [0.15, 0.2) is 5.69 Å². The van der Waals surface area contributed by atoms with E-state index in [0.29, 0.717) is 17.0 Å². The zero-order valence-electron chi connectivity index (χ0n) is 9.22. The van der Waals surface area contributed by atoms with Gasteiger partial charge in [-0.3, -0.25) is 0 Å². The summed E-state index contributed by atoms with van der Waals surface area (Å²) in [7, 11) is 0. The number of hydrogen-bond acceptors (Lipinski definition) is 2. The Kier molecular flexibility index (Phi) is 3.15. The average Bonchev–Trinajstić information content (AvgIpc) is 2.74. The molecule has 1 N–H and O–H groups in total. The highest BCUT2D eigenvalue weighted by molar-refractivity contribution is 6.30. The number of carboxylic acid groups (broad SMARTS) is 1. The first kappa shape index (κ1) is 11.7. The molecule has 17 heavy (non-hydrogen) atoms. The zero-order valence-corrected chi connectivity index (χ0v) is 9.98. The van der Waals surface area contributed by atoms with Crippen LogP contribution in [-0.4, -0.2) is 20.9 Å². The summed E-state index contributed by atoms with van der Waals surface area (Å²) in [4.78, 5) is 11.0. The van der Waals surface area contributed by atoms with Crippen molar-refractivity contribution in [1.29, 1.82) is 0 Å². The van der Waals surface area contributed by atoms with Crippen molar-refractivity contribution in [1.82, 2.24) is 9.78 Å². The molecule has 88 valence electrons. The molecule has 0 aliphatic rings. The number of aromatic carboxylic acids is 1. The van der Waals surface area contributed by atoms with E-state index in [4.69, 9.17) is 16.7 Å². The van der Waals surface area contributed by atoms with Crippen molar-refractivity contribution in [3.05, 3.63) is 46.7 Å². The number of aryl methyl sites for hydroxylation is 1. The number of nitrogens with zero attached hydrogens (tertiary/aromatic N) is 2. The van der Waals surface area contributed by atoms with Gasteiger partial charge in [0, 0.05) is 16.8 Å². The fraction of sp³-hybridized carbons (Fsp3) is 0.167. The van der Waals surface area contributed by atoms with Gasteiger partial charge >= 0.3 is 5.97 Å². The van der Waals surface area contributed by atoms with Crippen molar-refractivity contribution in [3.63, 3.8) is 0 Å². The van der Waals surface area contributed by atoms with Crippen LogP contribution >= 0.6 is 11.6 Å². The second-order valence-corrected chi connectivity index (χ2v) is 4.02. The molecule has 0 bridgehead atoms. The first-order valence-electron chi connectivity index (χ1n) is 5.19. The van der Waals surface area contributed by atoms with E-state index in [1.165, 1.54) is 0 Å². The van der Waals surface area contributed by atoms with Gasteiger partial charge in [-0.2, -0.15) is 5.10 Å². The van der Waals surface area contributed by atoms with Crippen molar-refractivity contribution in [2.24, 2.45) is 0 Å². The van der Waals surface area contributed by atoms with Crippen LogP contribution < -0.4 is 0 Å². The van der Waals surface area contributed by atoms with E-state index in [0.717, 1.165) is 5.69 Å². The molecular formula is C12H11ClN2O2. The first-order valence-corrected chi connectivity index (χ1v) is 5.57. The van der Waals surface area contributed by atoms with Crippen LogP contribution in [0.3, 0.4) is 0 Å². The summed E-state index contributed by atoms with van der Waals surface area (Å²) in [5.41, 5.74) is 1.60. The van der Waals surface area contributed by atoms with E-state index < -0.39 is 5.97 Å². The van der Waals surface area contributed by atoms with Crippen molar-refractivity contribution < 1.29 is 9.90 Å². The van der Waals surface area contributed by atoms with E-state index in [1.54, 1.807) is 35.1 Å². The molecule has 0 fully saturated rings. The molecule has 1 aromatic carbocycles. The predicted molar refractivity (Wildman–Crippen MR) is 64.9 cm³/mol. The molecule has 5 heteroatoms. The molecule has 0 aliphatic heterocycles. The van der Waals surface area contributed by atoms with Crippen LogP contribution in [0.1, 0.15) is 23.0 Å². The summed E-state index contributed by atoms with van der Waals surface area (Å²) in [5.74, 6) is -1.01. The molecule has 1 heterocycles. The smallest absolute Gasteiger partial charge is 0.356 e. The quantitative estimate of drug-likeness (QED) is 0.911. The van der Waals surface area contributed by atoms with Crippen LogP contribution in [0, 0.1) is 0 Å². The Hall–Kier alpha value is -1.81. The highest BCUT2D eigenvalue weighted by Crippen LogP contribution is 2.16. The lowest BCUT2D eigenvalue weighted by molar-refractivity contribution is 0.0689. The maximum absolute atomic E-state index is 11.0. The number of aromatic nitrogens is 2. The van der Waals surface area contributed by atoms with Gasteiger partial charge in [0.25, 0.3) is 0 Å². The minimum atomic E-state index is -1.01. The van der Waals surface area contributed by atoms with Gasteiger partial charge in [-0.1, -0.05) is 18.5 Å². The first-order chi connectivity index (χ1) is 8.11. The number of hydrogen-bond donors (Lipinski definition) is 1. The van der Waals surface area contributed by atoms with Crippen molar-refractivity contribution in [2.45, 2.75) is 13.3 Å². The van der Waals surface area contributed by atoms with E-state index in [9.17, 15) is 4.79 Å². The predicted octanol–water partition coefficient (Wildman–Crippen LogP) is 2.79. The summed E-state index contributed by atoms with van der Waals surface area (Å²) in [6.45, 7) is 1.90. The maximum Gasteiger partial charge on any atom is 0.356 e. The second-order valence-electron chi connectivity index (χ2n) is 3.58. The maximum atomic E-state index is 11.0. The number of carboxylic acids is 1. The van der Waals surface area contributed by atoms with Gasteiger partial charge in [-0.05, 0) is 30.7 Å². The van der Waals surface area contributed by atoms with Crippen LogP contribution in [0.25, 0.3) is 5.69 Å². The normalized spacial score (nSPS) is 10.5. The summed E-state index contributed by atoms with van der Waals surface area (Å²) < 4.78 is 1.55. The molecule has 4 nitrogen and oxygen atoms in total. The molecule has 0 aliphatic carbocycles. The monoisotopic (exact) mass is 250 g/mol. The number of benzene rings is 1. The molecule has 0 atom stereocenters. The fourth-order valence-corrected chi connectivity index (χ4v) is 1.70. The van der Waals surface area contributed by atoms with Gasteiger partial charge in [-0.15, -0.1) is 0 Å². The van der Waals surface area contributed by atoms with E-state index in [-0.39, 0.29) is 5.69 Å². The molecule has 0 spiro atoms. The standard InChI is InChI=1S/C12H11ClN2O2/c1-2-8-7-15(14-11(8)12(16)17)10-5-3-9(13)4-6-10/h3-7H,2H2,1H3,(H,16,17). The van der Waals surface area contributed by atoms with Gasteiger partial charge < -0.3 is 5.11 Å². The highest BCUT2D eigenvalue weighted by Gasteiger charge is 2.14. The highest BCUT2D eigenvalue weighted by atomic mass is 35.5. The molecule has 0 saturated heterocycles. The summed E-state index contributed by atoms with van der Waals surface area (Å²) in [6, 6.07) is 7.07. The van der Waals surface area contributed by atoms with Gasteiger partial charge in [-0.25, -0.2) is 9.48 Å². The van der Waals surface area contributed by atoms with Gasteiger partial charge in [0.1, 0.15) is 0 Å². The number of carbonyl (C=O) groups is 1. The second kappa shape index (κ2) is 4.59. The molecule has 0 saturated carbocycles. The molecule has 1 aromatic heterocycles. The fourth-order valence-electron chi connectivity index (χ4n) is 1.57. The Labute approximate surface area is 103 Å². The van der Waals surface area contributed by atoms with E-state index >= 15 is 0 Å². The van der Waals surface area contributed by atoms with Gasteiger partial charge in [0.2, 0.25) is 0 Å². The Morgan fingerprint density at radius 3 is 2.53 bits per heavy atom. The van der Waals surface area contributed by atoms with Crippen LogP contribution in [0.5, 0.6) is 0 Å². The van der Waals surface area contributed by atoms with Gasteiger partial charge in [0.05, 0.1) is 5.69 Å². The van der Waals surface area contributed by atoms with Crippen molar-refractivity contribution in [2.75, 3.05) is 0 Å². The van der Waals surface area contributed by atoms with E-state index in [1.807, 2.05) is 6.92 Å². The lowest BCUT2D eigenvalue weighted by Crippen LogP contribution is -2.02. The van der Waals surface area contributed by atoms with Crippen LogP contribution in [0.15, 0.2) is 30.5 Å². The van der Waals surface area contributed by atoms with Crippen LogP contribution in [-0.2, 0) is 6.42 Å². The summed E-state index contributed by atoms with van der Waals surface area (Å²) in [5, 5.41) is 13.7. The largest absolute Gasteiger partial charge is 0.476 e. The molecular weight excluding hydrogens is 240 g/mol. The number of rotatable bonds is 3. The minimum absolute atomic E-state index is 0.0995. The SMILES string of the molecule is CCc1cn(-c2ccc(Cl)cc2)nc1C(=O)O. The number of halogens is 1. The third-order valence-electron chi connectivity index (χ3n) is 2.46. The topological polar surface area (TPSA) is 55.1 Å². The Morgan fingerprint density at radius 2 is 2.06 bits per heavy atom. The van der Waals surface area contributed by atoms with Crippen LogP contribution in [0.2, 0.25) is 5.02 Å². The third-order valence-corrected chi connectivity index (χ3v) is 2.72. The molecule has 2 rings (SSSR count). The van der Waals surface area contributed by atoms with Crippen LogP contribution in [0.4, 0.5) is 0 Å². The zero-order chi connectivity index (χ0) is 12.4. The summed E-state index contributed by atoms with van der Waals surface area (Å²) in [6.07, 6.45) is 2.36. The molecule has 2 aromatic rings. The molecule has 0 amide bonds. The Balaban J connectivity index is 2.46. The Morgan fingerprint density at radius 1 is 1.41 bits per heavy atom. The third kappa shape index (κ3) is 2.31. The lowest BCUT2D eigenvalue weighted by atomic mass is 10.2.